The maximum Gasteiger partial charge on any atom is 0.247 e. The van der Waals surface area contributed by atoms with Crippen molar-refractivity contribution in [3.05, 3.63) is 53.7 Å². The number of rotatable bonds is 4. The van der Waals surface area contributed by atoms with Gasteiger partial charge >= 0.3 is 0 Å². The first-order chi connectivity index (χ1) is 8.28. The number of hydrogen-bond donors (Lipinski definition) is 1. The van der Waals surface area contributed by atoms with Gasteiger partial charge in [-0.3, -0.25) is 4.79 Å². The van der Waals surface area contributed by atoms with Crippen LogP contribution in [0.2, 0.25) is 0 Å². The van der Waals surface area contributed by atoms with Crippen molar-refractivity contribution in [3.63, 3.8) is 0 Å². The predicted octanol–water partition coefficient (Wildman–Crippen LogP) is 3.66. The normalized spacial score (nSPS) is 9.65. The molecular formula is C13H11NO2S. The van der Waals surface area contributed by atoms with E-state index >= 15 is 0 Å². The molecule has 0 atom stereocenters. The number of hydrogen-bond acceptors (Lipinski definition) is 3. The van der Waals surface area contributed by atoms with Gasteiger partial charge in [0, 0.05) is 17.1 Å². The Hall–Kier alpha value is -2.07. The summed E-state index contributed by atoms with van der Waals surface area (Å²) < 4.78 is 5.61. The molecule has 1 aromatic carbocycles. The fourth-order valence-electron chi connectivity index (χ4n) is 1.28. The number of carbonyl (C=O) groups is 1. The number of ether oxygens (including phenoxy) is 1. The summed E-state index contributed by atoms with van der Waals surface area (Å²) in [6.07, 6.45) is 1.23. The highest BCUT2D eigenvalue weighted by atomic mass is 32.1. The highest BCUT2D eigenvalue weighted by Gasteiger charge is 2.01. The van der Waals surface area contributed by atoms with Crippen LogP contribution in [-0.2, 0) is 4.79 Å². The van der Waals surface area contributed by atoms with Crippen molar-refractivity contribution in [2.24, 2.45) is 0 Å². The van der Waals surface area contributed by atoms with E-state index in [2.05, 4.69) is 11.9 Å². The van der Waals surface area contributed by atoms with Crippen LogP contribution in [0.15, 0.2) is 53.7 Å². The molecule has 0 saturated carbocycles. The number of amides is 1. The Morgan fingerprint density at radius 3 is 2.94 bits per heavy atom. The molecular weight excluding hydrogens is 234 g/mol. The highest BCUT2D eigenvalue weighted by Crippen LogP contribution is 2.25. The fraction of sp³-hybridized carbons (Fsp3) is 0. The predicted molar refractivity (Wildman–Crippen MR) is 69.7 cm³/mol. The quantitative estimate of drug-likeness (QED) is 0.835. The van der Waals surface area contributed by atoms with Crippen LogP contribution < -0.4 is 10.1 Å². The Labute approximate surface area is 103 Å². The lowest BCUT2D eigenvalue weighted by Crippen LogP contribution is -2.06. The van der Waals surface area contributed by atoms with Gasteiger partial charge in [0.15, 0.2) is 0 Å². The van der Waals surface area contributed by atoms with Crippen molar-refractivity contribution in [3.8, 4) is 11.5 Å². The molecule has 2 aromatic rings. The van der Waals surface area contributed by atoms with Crippen LogP contribution in [-0.4, -0.2) is 5.91 Å². The molecule has 1 amide bonds. The summed E-state index contributed by atoms with van der Waals surface area (Å²) >= 11 is 1.57. The molecule has 1 N–H and O–H groups in total. The van der Waals surface area contributed by atoms with Crippen LogP contribution in [0.5, 0.6) is 11.5 Å². The summed E-state index contributed by atoms with van der Waals surface area (Å²) in [5.41, 5.74) is 0.683. The lowest BCUT2D eigenvalue weighted by Gasteiger charge is -2.06. The van der Waals surface area contributed by atoms with E-state index in [1.165, 1.54) is 6.08 Å². The van der Waals surface area contributed by atoms with E-state index in [-0.39, 0.29) is 5.91 Å². The summed E-state index contributed by atoms with van der Waals surface area (Å²) in [6, 6.07) is 9.10. The molecule has 0 unspecified atom stereocenters. The first kappa shape index (κ1) is 11.4. The van der Waals surface area contributed by atoms with E-state index in [0.717, 1.165) is 5.75 Å². The molecule has 0 spiro atoms. The molecule has 1 aromatic heterocycles. The average molecular weight is 245 g/mol. The Kier molecular flexibility index (Phi) is 3.57. The lowest BCUT2D eigenvalue weighted by atomic mass is 10.3. The lowest BCUT2D eigenvalue weighted by molar-refractivity contribution is -0.111. The maximum absolute atomic E-state index is 11.1. The Balaban J connectivity index is 2.11. The van der Waals surface area contributed by atoms with Gasteiger partial charge in [-0.15, -0.1) is 11.3 Å². The topological polar surface area (TPSA) is 38.3 Å². The van der Waals surface area contributed by atoms with Gasteiger partial charge in [-0.25, -0.2) is 0 Å². The maximum atomic E-state index is 11.1. The second-order valence-electron chi connectivity index (χ2n) is 3.28. The van der Waals surface area contributed by atoms with Crippen molar-refractivity contribution < 1.29 is 9.53 Å². The van der Waals surface area contributed by atoms with Crippen molar-refractivity contribution in [1.82, 2.24) is 0 Å². The monoisotopic (exact) mass is 245 g/mol. The molecule has 0 aliphatic carbocycles. The average Bonchev–Trinajstić information content (AvgIpc) is 2.82. The van der Waals surface area contributed by atoms with Gasteiger partial charge in [-0.2, -0.15) is 0 Å². The fourth-order valence-corrected chi connectivity index (χ4v) is 1.83. The molecule has 3 nitrogen and oxygen atoms in total. The number of carbonyl (C=O) groups excluding carboxylic acids is 1. The van der Waals surface area contributed by atoms with Crippen molar-refractivity contribution in [2.75, 3.05) is 5.32 Å². The van der Waals surface area contributed by atoms with E-state index in [1.807, 2.05) is 29.0 Å². The largest absolute Gasteiger partial charge is 0.456 e. The van der Waals surface area contributed by atoms with E-state index in [9.17, 15) is 4.79 Å². The molecule has 17 heavy (non-hydrogen) atoms. The SMILES string of the molecule is C=CC(=O)Nc1cccc(Oc2ccsc2)c1. The van der Waals surface area contributed by atoms with Gasteiger partial charge in [-0.05, 0) is 29.7 Å². The molecule has 0 fully saturated rings. The first-order valence-corrected chi connectivity index (χ1v) is 5.96. The molecule has 2 rings (SSSR count). The number of anilines is 1. The second-order valence-corrected chi connectivity index (χ2v) is 4.06. The molecule has 0 aliphatic heterocycles. The van der Waals surface area contributed by atoms with Crippen molar-refractivity contribution in [1.29, 1.82) is 0 Å². The van der Waals surface area contributed by atoms with E-state index < -0.39 is 0 Å². The number of thiophene rings is 1. The minimum absolute atomic E-state index is 0.238. The van der Waals surface area contributed by atoms with E-state index in [0.29, 0.717) is 11.4 Å². The third-order valence-electron chi connectivity index (χ3n) is 2.02. The Bertz CT molecular complexity index is 520. The summed E-state index contributed by atoms with van der Waals surface area (Å²) in [6.45, 7) is 3.40. The van der Waals surface area contributed by atoms with Gasteiger partial charge in [0.05, 0.1) is 0 Å². The van der Waals surface area contributed by atoms with Gasteiger partial charge < -0.3 is 10.1 Å². The standard InChI is InChI=1S/C13H11NO2S/c1-2-13(15)14-10-4-3-5-11(8-10)16-12-6-7-17-9-12/h2-9H,1H2,(H,14,15). The van der Waals surface area contributed by atoms with Crippen LogP contribution >= 0.6 is 11.3 Å². The molecule has 0 radical (unpaired) electrons. The van der Waals surface area contributed by atoms with Gasteiger partial charge in [0.1, 0.15) is 11.5 Å². The van der Waals surface area contributed by atoms with Gasteiger partial charge in [0.25, 0.3) is 0 Å². The number of nitrogens with one attached hydrogen (secondary N) is 1. The molecule has 1 heterocycles. The van der Waals surface area contributed by atoms with Crippen molar-refractivity contribution >= 4 is 22.9 Å². The Morgan fingerprint density at radius 2 is 2.24 bits per heavy atom. The molecule has 86 valence electrons. The van der Waals surface area contributed by atoms with Crippen LogP contribution in [0.4, 0.5) is 5.69 Å². The minimum atomic E-state index is -0.238. The summed E-state index contributed by atoms with van der Waals surface area (Å²) in [4.78, 5) is 11.1. The zero-order chi connectivity index (χ0) is 12.1. The van der Waals surface area contributed by atoms with Gasteiger partial charge in [0.2, 0.25) is 5.91 Å². The van der Waals surface area contributed by atoms with Crippen LogP contribution in [0.25, 0.3) is 0 Å². The highest BCUT2D eigenvalue weighted by molar-refractivity contribution is 7.08. The second kappa shape index (κ2) is 5.32. The Morgan fingerprint density at radius 1 is 1.35 bits per heavy atom. The van der Waals surface area contributed by atoms with E-state index in [4.69, 9.17) is 4.74 Å². The van der Waals surface area contributed by atoms with Crippen LogP contribution in [0.1, 0.15) is 0 Å². The number of benzene rings is 1. The zero-order valence-corrected chi connectivity index (χ0v) is 9.87. The van der Waals surface area contributed by atoms with Crippen LogP contribution in [0, 0.1) is 0 Å². The summed E-state index contributed by atoms with van der Waals surface area (Å²) in [5.74, 6) is 1.24. The first-order valence-electron chi connectivity index (χ1n) is 5.01. The smallest absolute Gasteiger partial charge is 0.247 e. The van der Waals surface area contributed by atoms with Crippen LogP contribution in [0.3, 0.4) is 0 Å². The third kappa shape index (κ3) is 3.19. The molecule has 0 aliphatic rings. The van der Waals surface area contributed by atoms with Crippen molar-refractivity contribution in [2.45, 2.75) is 0 Å². The zero-order valence-electron chi connectivity index (χ0n) is 9.05. The molecule has 0 saturated heterocycles. The minimum Gasteiger partial charge on any atom is -0.456 e. The third-order valence-corrected chi connectivity index (χ3v) is 2.68. The molecule has 0 bridgehead atoms. The summed E-state index contributed by atoms with van der Waals surface area (Å²) in [7, 11) is 0. The van der Waals surface area contributed by atoms with E-state index in [1.54, 1.807) is 23.5 Å². The molecule has 4 heteroatoms. The summed E-state index contributed by atoms with van der Waals surface area (Å²) in [5, 5.41) is 6.53. The van der Waals surface area contributed by atoms with Gasteiger partial charge in [-0.1, -0.05) is 12.6 Å².